The summed E-state index contributed by atoms with van der Waals surface area (Å²) in [6, 6.07) is 4.36. The van der Waals surface area contributed by atoms with E-state index in [1.54, 1.807) is 7.05 Å². The summed E-state index contributed by atoms with van der Waals surface area (Å²) in [6.45, 7) is 1.97. The normalized spacial score (nSPS) is 19.0. The van der Waals surface area contributed by atoms with Crippen molar-refractivity contribution >= 4 is 5.91 Å². The van der Waals surface area contributed by atoms with E-state index in [2.05, 4.69) is 25.8 Å². The minimum absolute atomic E-state index is 0.0345. The molecule has 124 valence electrons. The second kappa shape index (κ2) is 6.58. The van der Waals surface area contributed by atoms with Crippen molar-refractivity contribution in [3.8, 4) is 0 Å². The second-order valence-corrected chi connectivity index (χ2v) is 6.26. The monoisotopic (exact) mass is 315 g/mol. The summed E-state index contributed by atoms with van der Waals surface area (Å²) in [4.78, 5) is 18.7. The third kappa shape index (κ3) is 3.03. The number of piperidine rings is 1. The minimum atomic E-state index is -0.0345. The van der Waals surface area contributed by atoms with Crippen molar-refractivity contribution in [3.05, 3.63) is 41.7 Å². The molecule has 0 bridgehead atoms. The number of aromatic nitrogens is 3. The van der Waals surface area contributed by atoms with Crippen molar-refractivity contribution in [3.63, 3.8) is 0 Å². The van der Waals surface area contributed by atoms with E-state index in [9.17, 15) is 4.79 Å². The van der Waals surface area contributed by atoms with E-state index in [4.69, 9.17) is 0 Å². The maximum Gasteiger partial charge on any atom is 0.267 e. The topological polar surface area (TPSA) is 55.1 Å². The van der Waals surface area contributed by atoms with Gasteiger partial charge in [-0.3, -0.25) is 9.69 Å². The molecule has 6 heteroatoms. The number of amides is 1. The van der Waals surface area contributed by atoms with Gasteiger partial charge in [-0.25, -0.2) is 4.98 Å². The molecule has 2 aromatic rings. The Balaban J connectivity index is 1.85. The molecular formula is C17H25N5O. The predicted molar refractivity (Wildman–Crippen MR) is 89.0 cm³/mol. The Bertz CT molecular complexity index is 687. The van der Waals surface area contributed by atoms with E-state index in [1.807, 2.05) is 37.3 Å². The highest BCUT2D eigenvalue weighted by atomic mass is 16.1. The Hall–Kier alpha value is -2.08. The zero-order chi connectivity index (χ0) is 16.4. The SMILES string of the molecule is CNC(=O)c1ccc([C@@H]2CCCCN2Cc2cncn2C)n1C. The third-order valence-electron chi connectivity index (χ3n) is 4.86. The van der Waals surface area contributed by atoms with Gasteiger partial charge in [0.2, 0.25) is 0 Å². The Morgan fingerprint density at radius 2 is 2.17 bits per heavy atom. The van der Waals surface area contributed by atoms with Crippen molar-refractivity contribution in [2.24, 2.45) is 14.1 Å². The van der Waals surface area contributed by atoms with Crippen LogP contribution in [0.2, 0.25) is 0 Å². The number of hydrogen-bond donors (Lipinski definition) is 1. The molecule has 2 aromatic heterocycles. The molecule has 6 nitrogen and oxygen atoms in total. The van der Waals surface area contributed by atoms with Gasteiger partial charge in [0.05, 0.1) is 18.1 Å². The van der Waals surface area contributed by atoms with Crippen LogP contribution >= 0.6 is 0 Å². The third-order valence-corrected chi connectivity index (χ3v) is 4.86. The van der Waals surface area contributed by atoms with Crippen molar-refractivity contribution < 1.29 is 4.79 Å². The lowest BCUT2D eigenvalue weighted by molar-refractivity contribution is 0.0952. The zero-order valence-electron chi connectivity index (χ0n) is 14.1. The molecule has 0 radical (unpaired) electrons. The van der Waals surface area contributed by atoms with Gasteiger partial charge in [-0.05, 0) is 31.5 Å². The zero-order valence-corrected chi connectivity index (χ0v) is 14.1. The van der Waals surface area contributed by atoms with Crippen LogP contribution in [0.1, 0.15) is 47.2 Å². The molecule has 1 N–H and O–H groups in total. The molecule has 0 unspecified atom stereocenters. The molecule has 0 aliphatic carbocycles. The highest BCUT2D eigenvalue weighted by molar-refractivity contribution is 5.92. The van der Waals surface area contributed by atoms with Crippen molar-refractivity contribution in [1.82, 2.24) is 24.3 Å². The van der Waals surface area contributed by atoms with Crippen LogP contribution in [0.3, 0.4) is 0 Å². The van der Waals surface area contributed by atoms with Crippen LogP contribution in [0, 0.1) is 0 Å². The summed E-state index contributed by atoms with van der Waals surface area (Å²) >= 11 is 0. The summed E-state index contributed by atoms with van der Waals surface area (Å²) < 4.78 is 4.11. The molecule has 0 spiro atoms. The van der Waals surface area contributed by atoms with Crippen molar-refractivity contribution in [2.75, 3.05) is 13.6 Å². The molecule has 3 rings (SSSR count). The molecule has 1 fully saturated rings. The van der Waals surface area contributed by atoms with Gasteiger partial charge in [0.1, 0.15) is 5.69 Å². The van der Waals surface area contributed by atoms with Crippen LogP contribution in [-0.4, -0.2) is 38.5 Å². The van der Waals surface area contributed by atoms with Crippen LogP contribution in [0.25, 0.3) is 0 Å². The molecule has 3 heterocycles. The number of aryl methyl sites for hydroxylation is 1. The van der Waals surface area contributed by atoms with Crippen LogP contribution in [0.4, 0.5) is 0 Å². The Kier molecular flexibility index (Phi) is 4.52. The largest absolute Gasteiger partial charge is 0.354 e. The first-order chi connectivity index (χ1) is 11.1. The average molecular weight is 315 g/mol. The highest BCUT2D eigenvalue weighted by Gasteiger charge is 2.27. The van der Waals surface area contributed by atoms with Crippen molar-refractivity contribution in [1.29, 1.82) is 0 Å². The second-order valence-electron chi connectivity index (χ2n) is 6.26. The molecule has 23 heavy (non-hydrogen) atoms. The van der Waals surface area contributed by atoms with Gasteiger partial charge in [-0.15, -0.1) is 0 Å². The standard InChI is InChI=1S/C17H25N5O/c1-18-17(23)16-8-7-14(21(16)3)15-6-4-5-9-22(15)11-13-10-19-12-20(13)2/h7-8,10,12,15H,4-6,9,11H2,1-3H3,(H,18,23)/t15-/m0/s1. The molecule has 0 aromatic carbocycles. The fraction of sp³-hybridized carbons (Fsp3) is 0.529. The molecule has 0 saturated carbocycles. The molecule has 1 saturated heterocycles. The average Bonchev–Trinajstić information content (AvgIpc) is 3.14. The van der Waals surface area contributed by atoms with Gasteiger partial charge in [0.15, 0.2) is 0 Å². The molecular weight excluding hydrogens is 290 g/mol. The highest BCUT2D eigenvalue weighted by Crippen LogP contribution is 2.32. The predicted octanol–water partition coefficient (Wildman–Crippen LogP) is 1.85. The van der Waals surface area contributed by atoms with E-state index in [1.165, 1.54) is 24.2 Å². The number of hydrogen-bond acceptors (Lipinski definition) is 3. The Morgan fingerprint density at radius 1 is 1.35 bits per heavy atom. The van der Waals surface area contributed by atoms with Crippen LogP contribution in [0.5, 0.6) is 0 Å². The Morgan fingerprint density at radius 3 is 2.87 bits per heavy atom. The smallest absolute Gasteiger partial charge is 0.267 e. The van der Waals surface area contributed by atoms with E-state index >= 15 is 0 Å². The summed E-state index contributed by atoms with van der Waals surface area (Å²) in [5, 5.41) is 2.71. The molecule has 1 amide bonds. The number of carbonyl (C=O) groups excluding carboxylic acids is 1. The van der Waals surface area contributed by atoms with Gasteiger partial charge in [-0.1, -0.05) is 6.42 Å². The first kappa shape index (κ1) is 15.8. The summed E-state index contributed by atoms with van der Waals surface area (Å²) in [6.07, 6.45) is 7.37. The number of imidazole rings is 1. The molecule has 1 aliphatic heterocycles. The van der Waals surface area contributed by atoms with Crippen molar-refractivity contribution in [2.45, 2.75) is 31.8 Å². The maximum absolute atomic E-state index is 12.0. The fourth-order valence-corrected chi connectivity index (χ4v) is 3.48. The van der Waals surface area contributed by atoms with Crippen LogP contribution < -0.4 is 5.32 Å². The fourth-order valence-electron chi connectivity index (χ4n) is 3.48. The van der Waals surface area contributed by atoms with Gasteiger partial charge in [-0.2, -0.15) is 0 Å². The Labute approximate surface area is 137 Å². The number of nitrogens with one attached hydrogen (secondary N) is 1. The van der Waals surface area contributed by atoms with Gasteiger partial charge >= 0.3 is 0 Å². The van der Waals surface area contributed by atoms with Gasteiger partial charge < -0.3 is 14.5 Å². The van der Waals surface area contributed by atoms with Crippen LogP contribution in [-0.2, 0) is 20.6 Å². The number of likely N-dealkylation sites (tertiary alicyclic amines) is 1. The van der Waals surface area contributed by atoms with E-state index < -0.39 is 0 Å². The number of rotatable bonds is 4. The maximum atomic E-state index is 12.0. The van der Waals surface area contributed by atoms with Gasteiger partial charge in [0, 0.05) is 39.6 Å². The first-order valence-corrected chi connectivity index (χ1v) is 8.18. The number of carbonyl (C=O) groups is 1. The summed E-state index contributed by atoms with van der Waals surface area (Å²) in [7, 11) is 5.69. The number of nitrogens with zero attached hydrogens (tertiary/aromatic N) is 4. The lowest BCUT2D eigenvalue weighted by atomic mass is 9.99. The first-order valence-electron chi connectivity index (χ1n) is 8.18. The quantitative estimate of drug-likeness (QED) is 0.937. The van der Waals surface area contributed by atoms with E-state index in [0.717, 1.165) is 19.5 Å². The van der Waals surface area contributed by atoms with E-state index in [-0.39, 0.29) is 5.91 Å². The summed E-state index contributed by atoms with van der Waals surface area (Å²) in [5.74, 6) is -0.0345. The summed E-state index contributed by atoms with van der Waals surface area (Å²) in [5.41, 5.74) is 3.15. The van der Waals surface area contributed by atoms with Gasteiger partial charge in [0.25, 0.3) is 5.91 Å². The lowest BCUT2D eigenvalue weighted by Gasteiger charge is -2.36. The lowest BCUT2D eigenvalue weighted by Crippen LogP contribution is -2.34. The molecule has 1 aliphatic rings. The molecule has 1 atom stereocenters. The minimum Gasteiger partial charge on any atom is -0.354 e. The van der Waals surface area contributed by atoms with E-state index in [0.29, 0.717) is 11.7 Å². The van der Waals surface area contributed by atoms with Crippen LogP contribution in [0.15, 0.2) is 24.7 Å².